The maximum atomic E-state index is 9.25. The number of rotatable bonds is 6. The van der Waals surface area contributed by atoms with Crippen LogP contribution in [-0.2, 0) is 13.0 Å². The summed E-state index contributed by atoms with van der Waals surface area (Å²) in [7, 11) is 0. The van der Waals surface area contributed by atoms with Crippen molar-refractivity contribution in [3.8, 4) is 11.5 Å². The molecule has 0 aliphatic heterocycles. The molecule has 0 spiro atoms. The second kappa shape index (κ2) is 7.48. The maximum Gasteiger partial charge on any atom is 0.134 e. The summed E-state index contributed by atoms with van der Waals surface area (Å²) in [6.07, 6.45) is 1.84. The fraction of sp³-hybridized carbons (Fsp3) is 0.294. The summed E-state index contributed by atoms with van der Waals surface area (Å²) in [4.78, 5) is 0. The molecule has 0 saturated carbocycles. The van der Waals surface area contributed by atoms with Crippen molar-refractivity contribution in [2.75, 3.05) is 0 Å². The number of hydrogen-bond acceptors (Lipinski definition) is 3. The molecule has 0 radical (unpaired) electrons. The Kier molecular flexibility index (Phi) is 5.65. The maximum absolute atomic E-state index is 9.25. The third kappa shape index (κ3) is 4.76. The van der Waals surface area contributed by atoms with Crippen LogP contribution in [0.15, 0.2) is 46.9 Å². The topological polar surface area (TPSA) is 55.5 Å². The van der Waals surface area contributed by atoms with Gasteiger partial charge in [0, 0.05) is 6.04 Å². The summed E-state index contributed by atoms with van der Waals surface area (Å²) in [5, 5.41) is 9.25. The lowest BCUT2D eigenvalue weighted by Crippen LogP contribution is -2.21. The van der Waals surface area contributed by atoms with Crippen LogP contribution < -0.4 is 10.5 Å². The first-order chi connectivity index (χ1) is 10.1. The van der Waals surface area contributed by atoms with E-state index in [1.807, 2.05) is 24.3 Å². The predicted octanol–water partition coefficient (Wildman–Crippen LogP) is 4.01. The largest absolute Gasteiger partial charge is 0.508 e. The SMILES string of the molecule is CCC(N)Cc1ccc(OCc2ccc(O)cc2)c(Br)c1. The van der Waals surface area contributed by atoms with E-state index >= 15 is 0 Å². The van der Waals surface area contributed by atoms with Crippen molar-refractivity contribution in [2.24, 2.45) is 5.73 Å². The van der Waals surface area contributed by atoms with Gasteiger partial charge in [0.25, 0.3) is 0 Å². The summed E-state index contributed by atoms with van der Waals surface area (Å²) in [6.45, 7) is 2.56. The molecule has 112 valence electrons. The first kappa shape index (κ1) is 15.9. The minimum absolute atomic E-state index is 0.195. The highest BCUT2D eigenvalue weighted by atomic mass is 79.9. The van der Waals surface area contributed by atoms with E-state index in [0.717, 1.165) is 28.6 Å². The molecule has 0 fully saturated rings. The molecule has 1 atom stereocenters. The highest BCUT2D eigenvalue weighted by Crippen LogP contribution is 2.27. The standard InChI is InChI=1S/C17H20BrNO2/c1-2-14(19)9-13-5-8-17(16(18)10-13)21-11-12-3-6-15(20)7-4-12/h3-8,10,14,20H,2,9,11,19H2,1H3. The summed E-state index contributed by atoms with van der Waals surface area (Å²) >= 11 is 3.54. The van der Waals surface area contributed by atoms with Gasteiger partial charge in [-0.25, -0.2) is 0 Å². The van der Waals surface area contributed by atoms with E-state index < -0.39 is 0 Å². The average molecular weight is 350 g/mol. The van der Waals surface area contributed by atoms with Gasteiger partial charge in [-0.2, -0.15) is 0 Å². The molecule has 0 aliphatic rings. The smallest absolute Gasteiger partial charge is 0.134 e. The van der Waals surface area contributed by atoms with Gasteiger partial charge in [0.05, 0.1) is 4.47 Å². The summed E-state index contributed by atoms with van der Waals surface area (Å²) in [5.41, 5.74) is 8.19. The molecule has 3 N–H and O–H groups in total. The fourth-order valence-corrected chi connectivity index (χ4v) is 2.53. The molecule has 21 heavy (non-hydrogen) atoms. The van der Waals surface area contributed by atoms with Gasteiger partial charge in [-0.1, -0.05) is 25.1 Å². The van der Waals surface area contributed by atoms with Crippen LogP contribution in [-0.4, -0.2) is 11.1 Å². The average Bonchev–Trinajstić information content (AvgIpc) is 2.48. The van der Waals surface area contributed by atoms with Crippen LogP contribution in [0.5, 0.6) is 11.5 Å². The molecule has 0 heterocycles. The molecule has 0 aliphatic carbocycles. The Balaban J connectivity index is 1.99. The van der Waals surface area contributed by atoms with Crippen molar-refractivity contribution >= 4 is 15.9 Å². The van der Waals surface area contributed by atoms with E-state index in [9.17, 15) is 5.11 Å². The third-order valence-corrected chi connectivity index (χ3v) is 3.97. The first-order valence-electron chi connectivity index (χ1n) is 7.03. The molecule has 2 rings (SSSR count). The minimum atomic E-state index is 0.195. The van der Waals surface area contributed by atoms with E-state index in [0.29, 0.717) is 6.61 Å². The summed E-state index contributed by atoms with van der Waals surface area (Å²) in [6, 6.07) is 13.3. The normalized spacial score (nSPS) is 12.1. The molecule has 0 amide bonds. The van der Waals surface area contributed by atoms with Crippen molar-refractivity contribution < 1.29 is 9.84 Å². The molecule has 4 heteroatoms. The molecule has 2 aromatic carbocycles. The lowest BCUT2D eigenvalue weighted by molar-refractivity contribution is 0.304. The zero-order valence-corrected chi connectivity index (χ0v) is 13.6. The molecule has 1 unspecified atom stereocenters. The Labute approximate surface area is 133 Å². The molecular weight excluding hydrogens is 330 g/mol. The highest BCUT2D eigenvalue weighted by molar-refractivity contribution is 9.10. The quantitative estimate of drug-likeness (QED) is 0.828. The zero-order valence-electron chi connectivity index (χ0n) is 12.1. The lowest BCUT2D eigenvalue weighted by Gasteiger charge is -2.12. The molecule has 3 nitrogen and oxygen atoms in total. The number of phenolic OH excluding ortho intramolecular Hbond substituents is 1. The van der Waals surface area contributed by atoms with E-state index in [1.165, 1.54) is 5.56 Å². The van der Waals surface area contributed by atoms with Crippen molar-refractivity contribution in [1.82, 2.24) is 0 Å². The van der Waals surface area contributed by atoms with Gasteiger partial charge in [-0.15, -0.1) is 0 Å². The van der Waals surface area contributed by atoms with Gasteiger partial charge in [-0.05, 0) is 64.2 Å². The van der Waals surface area contributed by atoms with Crippen molar-refractivity contribution in [3.05, 3.63) is 58.1 Å². The van der Waals surface area contributed by atoms with E-state index in [2.05, 4.69) is 28.9 Å². The van der Waals surface area contributed by atoms with Crippen molar-refractivity contribution in [1.29, 1.82) is 0 Å². The Morgan fingerprint density at radius 2 is 1.81 bits per heavy atom. The molecule has 2 aromatic rings. The van der Waals surface area contributed by atoms with Crippen LogP contribution in [0.2, 0.25) is 0 Å². The van der Waals surface area contributed by atoms with E-state index in [4.69, 9.17) is 10.5 Å². The monoisotopic (exact) mass is 349 g/mol. The lowest BCUT2D eigenvalue weighted by atomic mass is 10.0. The number of phenols is 1. The minimum Gasteiger partial charge on any atom is -0.508 e. The number of nitrogens with two attached hydrogens (primary N) is 1. The number of aromatic hydroxyl groups is 1. The number of benzene rings is 2. The van der Waals surface area contributed by atoms with Gasteiger partial charge < -0.3 is 15.6 Å². The summed E-state index contributed by atoms with van der Waals surface area (Å²) in [5.74, 6) is 1.06. The van der Waals surface area contributed by atoms with Crippen LogP contribution in [0.1, 0.15) is 24.5 Å². The van der Waals surface area contributed by atoms with Gasteiger partial charge in [0.2, 0.25) is 0 Å². The van der Waals surface area contributed by atoms with Gasteiger partial charge >= 0.3 is 0 Å². The van der Waals surface area contributed by atoms with Crippen molar-refractivity contribution in [2.45, 2.75) is 32.4 Å². The van der Waals surface area contributed by atoms with Crippen LogP contribution in [0.4, 0.5) is 0 Å². The highest BCUT2D eigenvalue weighted by Gasteiger charge is 2.06. The zero-order chi connectivity index (χ0) is 15.2. The molecule has 0 bridgehead atoms. The number of hydrogen-bond donors (Lipinski definition) is 2. The first-order valence-corrected chi connectivity index (χ1v) is 7.82. The molecular formula is C17H20BrNO2. The Morgan fingerprint density at radius 3 is 2.43 bits per heavy atom. The van der Waals surface area contributed by atoms with Crippen LogP contribution in [0.25, 0.3) is 0 Å². The third-order valence-electron chi connectivity index (χ3n) is 3.35. The van der Waals surface area contributed by atoms with E-state index in [-0.39, 0.29) is 11.8 Å². The number of ether oxygens (including phenoxy) is 1. The Hall–Kier alpha value is -1.52. The fourth-order valence-electron chi connectivity index (χ4n) is 1.99. The Bertz CT molecular complexity index is 584. The number of halogens is 1. The van der Waals surface area contributed by atoms with Gasteiger partial charge in [0.15, 0.2) is 0 Å². The summed E-state index contributed by atoms with van der Waals surface area (Å²) < 4.78 is 6.72. The second-order valence-electron chi connectivity index (χ2n) is 5.09. The van der Waals surface area contributed by atoms with Crippen LogP contribution in [0.3, 0.4) is 0 Å². The molecule has 0 saturated heterocycles. The molecule has 0 aromatic heterocycles. The van der Waals surface area contributed by atoms with Crippen LogP contribution >= 0.6 is 15.9 Å². The van der Waals surface area contributed by atoms with Gasteiger partial charge in [-0.3, -0.25) is 0 Å². The van der Waals surface area contributed by atoms with E-state index in [1.54, 1.807) is 12.1 Å². The Morgan fingerprint density at radius 1 is 1.14 bits per heavy atom. The van der Waals surface area contributed by atoms with Gasteiger partial charge in [0.1, 0.15) is 18.1 Å². The predicted molar refractivity (Wildman–Crippen MR) is 88.6 cm³/mol. The van der Waals surface area contributed by atoms with Crippen LogP contribution in [0, 0.1) is 0 Å². The second-order valence-corrected chi connectivity index (χ2v) is 5.95. The van der Waals surface area contributed by atoms with Crippen molar-refractivity contribution in [3.63, 3.8) is 0 Å².